The van der Waals surface area contributed by atoms with Gasteiger partial charge in [0.05, 0.1) is 21.5 Å². The minimum Gasteiger partial charge on any atom is -0.306 e. The summed E-state index contributed by atoms with van der Waals surface area (Å²) in [6.45, 7) is 0. The van der Waals surface area contributed by atoms with Gasteiger partial charge in [-0.1, -0.05) is 23.7 Å². The molecular formula is C15H7ClF4N2O. The number of aromatic amines is 1. The van der Waals surface area contributed by atoms with E-state index in [-0.39, 0.29) is 22.3 Å². The summed E-state index contributed by atoms with van der Waals surface area (Å²) >= 11 is 5.38. The van der Waals surface area contributed by atoms with Crippen molar-refractivity contribution >= 4 is 22.5 Å². The molecular weight excluding hydrogens is 336 g/mol. The predicted octanol–water partition coefficient (Wildman–Crippen LogP) is 4.40. The first-order chi connectivity index (χ1) is 10.8. The number of nitrogens with zero attached hydrogens (tertiary/aromatic N) is 1. The number of hydrogen-bond acceptors (Lipinski definition) is 2. The number of halogens is 5. The molecule has 23 heavy (non-hydrogen) atoms. The van der Waals surface area contributed by atoms with E-state index in [2.05, 4.69) is 9.97 Å². The van der Waals surface area contributed by atoms with Gasteiger partial charge >= 0.3 is 6.18 Å². The molecule has 0 radical (unpaired) electrons. The van der Waals surface area contributed by atoms with Crippen LogP contribution in [-0.4, -0.2) is 9.97 Å². The van der Waals surface area contributed by atoms with Gasteiger partial charge in [0.25, 0.3) is 5.56 Å². The highest BCUT2D eigenvalue weighted by molar-refractivity contribution is 6.31. The molecule has 3 aromatic rings. The van der Waals surface area contributed by atoms with Crippen LogP contribution in [0, 0.1) is 5.82 Å². The monoisotopic (exact) mass is 342 g/mol. The first-order valence-corrected chi connectivity index (χ1v) is 6.71. The van der Waals surface area contributed by atoms with E-state index in [1.807, 2.05) is 0 Å². The number of H-pyrrole nitrogens is 1. The molecule has 0 saturated heterocycles. The molecule has 0 amide bonds. The van der Waals surface area contributed by atoms with Crippen molar-refractivity contribution in [3.8, 4) is 11.4 Å². The van der Waals surface area contributed by atoms with E-state index in [4.69, 9.17) is 11.6 Å². The zero-order chi connectivity index (χ0) is 16.8. The van der Waals surface area contributed by atoms with Gasteiger partial charge in [0.1, 0.15) is 11.6 Å². The van der Waals surface area contributed by atoms with Gasteiger partial charge in [0.2, 0.25) is 0 Å². The van der Waals surface area contributed by atoms with E-state index in [0.29, 0.717) is 6.07 Å². The second kappa shape index (κ2) is 5.34. The maximum atomic E-state index is 13.7. The van der Waals surface area contributed by atoms with E-state index < -0.39 is 28.1 Å². The quantitative estimate of drug-likeness (QED) is 0.666. The van der Waals surface area contributed by atoms with E-state index in [0.717, 1.165) is 6.07 Å². The number of aromatic nitrogens is 2. The summed E-state index contributed by atoms with van der Waals surface area (Å²) in [6, 6.07) is 7.76. The Morgan fingerprint density at radius 2 is 1.83 bits per heavy atom. The molecule has 3 nitrogen and oxygen atoms in total. The van der Waals surface area contributed by atoms with Crippen LogP contribution in [0.25, 0.3) is 22.3 Å². The lowest BCUT2D eigenvalue weighted by Gasteiger charge is -2.12. The largest absolute Gasteiger partial charge is 0.417 e. The fourth-order valence-corrected chi connectivity index (χ4v) is 2.37. The number of alkyl halides is 3. The molecule has 2 aromatic carbocycles. The Bertz CT molecular complexity index is 966. The van der Waals surface area contributed by atoms with Gasteiger partial charge in [-0.05, 0) is 24.3 Å². The van der Waals surface area contributed by atoms with Crippen molar-refractivity contribution in [3.63, 3.8) is 0 Å². The van der Waals surface area contributed by atoms with Crippen LogP contribution in [0.4, 0.5) is 17.6 Å². The topological polar surface area (TPSA) is 45.8 Å². The molecule has 8 heteroatoms. The highest BCUT2D eigenvalue weighted by atomic mass is 35.5. The van der Waals surface area contributed by atoms with Crippen LogP contribution in [-0.2, 0) is 6.18 Å². The van der Waals surface area contributed by atoms with Crippen LogP contribution in [0.5, 0.6) is 0 Å². The van der Waals surface area contributed by atoms with E-state index in [1.54, 1.807) is 12.1 Å². The average Bonchev–Trinajstić information content (AvgIpc) is 2.48. The zero-order valence-corrected chi connectivity index (χ0v) is 12.0. The molecule has 0 atom stereocenters. The second-order valence-electron chi connectivity index (χ2n) is 4.75. The SMILES string of the molecule is O=c1[nH]c(-c2cc(F)c(Cl)c(C(F)(F)F)c2)nc2ccccc12. The maximum Gasteiger partial charge on any atom is 0.417 e. The molecule has 1 N–H and O–H groups in total. The third-order valence-corrected chi connectivity index (χ3v) is 3.60. The molecule has 1 aromatic heterocycles. The Kier molecular flexibility index (Phi) is 3.60. The predicted molar refractivity (Wildman–Crippen MR) is 77.8 cm³/mol. The average molecular weight is 343 g/mol. The number of fused-ring (bicyclic) bond motifs is 1. The van der Waals surface area contributed by atoms with Crippen molar-refractivity contribution in [1.82, 2.24) is 9.97 Å². The van der Waals surface area contributed by atoms with Crippen LogP contribution in [0.1, 0.15) is 5.56 Å². The third kappa shape index (κ3) is 2.79. The van der Waals surface area contributed by atoms with Crippen molar-refractivity contribution in [1.29, 1.82) is 0 Å². The van der Waals surface area contributed by atoms with Crippen LogP contribution >= 0.6 is 11.6 Å². The molecule has 0 fully saturated rings. The van der Waals surface area contributed by atoms with Crippen molar-refractivity contribution in [3.05, 3.63) is 63.2 Å². The van der Waals surface area contributed by atoms with Crippen molar-refractivity contribution < 1.29 is 17.6 Å². The summed E-state index contributed by atoms with van der Waals surface area (Å²) in [7, 11) is 0. The van der Waals surface area contributed by atoms with Crippen LogP contribution in [0.2, 0.25) is 5.02 Å². The number of nitrogens with one attached hydrogen (secondary N) is 1. The van der Waals surface area contributed by atoms with Crippen LogP contribution in [0.3, 0.4) is 0 Å². The molecule has 0 bridgehead atoms. The number of rotatable bonds is 1. The Balaban J connectivity index is 2.27. The standard InChI is InChI=1S/C15H7ClF4N2O/c16-12-9(15(18,19)20)5-7(6-10(12)17)13-21-11-4-2-1-3-8(11)14(23)22-13/h1-6H,(H,21,22,23). The first-order valence-electron chi connectivity index (χ1n) is 6.33. The van der Waals surface area contributed by atoms with E-state index in [1.165, 1.54) is 12.1 Å². The summed E-state index contributed by atoms with van der Waals surface area (Å²) in [5.74, 6) is -1.41. The van der Waals surface area contributed by atoms with Gasteiger partial charge < -0.3 is 4.98 Å². The summed E-state index contributed by atoms with van der Waals surface area (Å²) in [4.78, 5) is 18.4. The van der Waals surface area contributed by atoms with Gasteiger partial charge in [-0.3, -0.25) is 4.79 Å². The summed E-state index contributed by atoms with van der Waals surface area (Å²) in [5, 5.41) is -0.744. The van der Waals surface area contributed by atoms with Gasteiger partial charge in [-0.15, -0.1) is 0 Å². The Labute approximate surface area is 131 Å². The molecule has 1 heterocycles. The molecule has 118 valence electrons. The third-order valence-electron chi connectivity index (χ3n) is 3.22. The molecule has 0 unspecified atom stereocenters. The highest BCUT2D eigenvalue weighted by Gasteiger charge is 2.35. The lowest BCUT2D eigenvalue weighted by molar-refractivity contribution is -0.137. The minimum atomic E-state index is -4.83. The van der Waals surface area contributed by atoms with E-state index >= 15 is 0 Å². The summed E-state index contributed by atoms with van der Waals surface area (Å²) in [5.41, 5.74) is -1.79. The minimum absolute atomic E-state index is 0.172. The fraction of sp³-hybridized carbons (Fsp3) is 0.0667. The number of hydrogen-bond donors (Lipinski definition) is 1. The molecule has 3 rings (SSSR count). The second-order valence-corrected chi connectivity index (χ2v) is 5.13. The normalized spacial score (nSPS) is 11.9. The van der Waals surface area contributed by atoms with Crippen molar-refractivity contribution in [2.45, 2.75) is 6.18 Å². The van der Waals surface area contributed by atoms with Crippen LogP contribution in [0.15, 0.2) is 41.2 Å². The summed E-state index contributed by atoms with van der Waals surface area (Å²) < 4.78 is 52.5. The fourth-order valence-electron chi connectivity index (χ4n) is 2.16. The smallest absolute Gasteiger partial charge is 0.306 e. The highest BCUT2D eigenvalue weighted by Crippen LogP contribution is 2.38. The lowest BCUT2D eigenvalue weighted by atomic mass is 10.1. The molecule has 0 saturated carbocycles. The Morgan fingerprint density at radius 1 is 1.13 bits per heavy atom. The Hall–Kier alpha value is -2.41. The van der Waals surface area contributed by atoms with Gasteiger partial charge in [0, 0.05) is 5.56 Å². The van der Waals surface area contributed by atoms with Crippen molar-refractivity contribution in [2.75, 3.05) is 0 Å². The number of para-hydroxylation sites is 1. The maximum absolute atomic E-state index is 13.7. The lowest BCUT2D eigenvalue weighted by Crippen LogP contribution is -2.11. The summed E-state index contributed by atoms with van der Waals surface area (Å²) in [6.07, 6.45) is -4.83. The zero-order valence-electron chi connectivity index (χ0n) is 11.2. The van der Waals surface area contributed by atoms with Gasteiger partial charge in [-0.25, -0.2) is 9.37 Å². The number of benzene rings is 2. The molecule has 0 aliphatic carbocycles. The van der Waals surface area contributed by atoms with E-state index in [9.17, 15) is 22.4 Å². The van der Waals surface area contributed by atoms with Gasteiger partial charge in [-0.2, -0.15) is 13.2 Å². The molecule has 0 spiro atoms. The van der Waals surface area contributed by atoms with Crippen LogP contribution < -0.4 is 5.56 Å². The Morgan fingerprint density at radius 3 is 2.52 bits per heavy atom. The molecule has 0 aliphatic rings. The van der Waals surface area contributed by atoms with Gasteiger partial charge in [0.15, 0.2) is 0 Å². The molecule has 0 aliphatic heterocycles. The first kappa shape index (κ1) is 15.5. The van der Waals surface area contributed by atoms with Crippen molar-refractivity contribution in [2.24, 2.45) is 0 Å².